The Morgan fingerprint density at radius 3 is 2.11 bits per heavy atom. The van der Waals surface area contributed by atoms with Crippen LogP contribution in [0.15, 0.2) is 48.5 Å². The minimum absolute atomic E-state index is 0.340. The first-order valence-corrected chi connectivity index (χ1v) is 7.21. The minimum atomic E-state index is 0.340. The lowest BCUT2D eigenvalue weighted by molar-refractivity contribution is 0.749. The van der Waals surface area contributed by atoms with E-state index in [4.69, 9.17) is 11.6 Å². The van der Waals surface area contributed by atoms with Gasteiger partial charge in [-0.25, -0.2) is 0 Å². The number of anilines is 1. The molecule has 0 spiro atoms. The fourth-order valence-corrected chi connectivity index (χ4v) is 2.28. The first kappa shape index (κ1) is 14.0. The highest BCUT2D eigenvalue weighted by atomic mass is 35.5. The third kappa shape index (κ3) is 3.74. The van der Waals surface area contributed by atoms with Crippen molar-refractivity contribution in [3.05, 3.63) is 64.7 Å². The van der Waals surface area contributed by atoms with Crippen LogP contribution in [-0.4, -0.2) is 0 Å². The van der Waals surface area contributed by atoms with Crippen LogP contribution in [0.2, 0.25) is 5.02 Å². The highest BCUT2D eigenvalue weighted by Gasteiger charge is 2.08. The van der Waals surface area contributed by atoms with Crippen molar-refractivity contribution in [3.63, 3.8) is 0 Å². The molecule has 0 radical (unpaired) electrons. The molecule has 0 bridgehead atoms. The maximum atomic E-state index is 5.90. The average Bonchev–Trinajstić information content (AvgIpc) is 2.47. The van der Waals surface area contributed by atoms with Gasteiger partial charge in [0, 0.05) is 10.7 Å². The van der Waals surface area contributed by atoms with Crippen molar-refractivity contribution in [1.82, 2.24) is 0 Å². The van der Waals surface area contributed by atoms with Gasteiger partial charge in [-0.3, -0.25) is 0 Å². The van der Waals surface area contributed by atoms with Gasteiger partial charge in [0.25, 0.3) is 0 Å². The van der Waals surface area contributed by atoms with E-state index in [0.29, 0.717) is 6.04 Å². The molecule has 2 rings (SSSR count). The van der Waals surface area contributed by atoms with Crippen LogP contribution in [0.3, 0.4) is 0 Å². The van der Waals surface area contributed by atoms with Gasteiger partial charge in [-0.05, 0) is 48.2 Å². The molecule has 0 amide bonds. The Hall–Kier alpha value is -1.47. The van der Waals surface area contributed by atoms with E-state index in [1.165, 1.54) is 11.1 Å². The smallest absolute Gasteiger partial charge is 0.0511 e. The van der Waals surface area contributed by atoms with Gasteiger partial charge >= 0.3 is 0 Å². The molecule has 0 heterocycles. The SMILES string of the molecule is CCc1ccc(C(CC)Nc2ccc(Cl)cc2)cc1. The van der Waals surface area contributed by atoms with Gasteiger partial charge in [0.15, 0.2) is 0 Å². The summed E-state index contributed by atoms with van der Waals surface area (Å²) in [7, 11) is 0. The van der Waals surface area contributed by atoms with E-state index in [9.17, 15) is 0 Å². The summed E-state index contributed by atoms with van der Waals surface area (Å²) in [6, 6.07) is 17.1. The van der Waals surface area contributed by atoms with Gasteiger partial charge in [-0.2, -0.15) is 0 Å². The highest BCUT2D eigenvalue weighted by Crippen LogP contribution is 2.24. The quantitative estimate of drug-likeness (QED) is 0.762. The van der Waals surface area contributed by atoms with E-state index in [1.807, 2.05) is 24.3 Å². The molecule has 1 atom stereocenters. The van der Waals surface area contributed by atoms with E-state index >= 15 is 0 Å². The predicted molar refractivity (Wildman–Crippen MR) is 83.9 cm³/mol. The molecule has 0 aromatic heterocycles. The lowest BCUT2D eigenvalue weighted by Gasteiger charge is -2.19. The molecule has 0 fully saturated rings. The van der Waals surface area contributed by atoms with Crippen LogP contribution < -0.4 is 5.32 Å². The average molecular weight is 274 g/mol. The summed E-state index contributed by atoms with van der Waals surface area (Å²) in [4.78, 5) is 0. The molecule has 0 aliphatic heterocycles. The summed E-state index contributed by atoms with van der Waals surface area (Å²) in [5.74, 6) is 0. The molecule has 100 valence electrons. The van der Waals surface area contributed by atoms with E-state index in [2.05, 4.69) is 43.4 Å². The van der Waals surface area contributed by atoms with Crippen molar-refractivity contribution in [1.29, 1.82) is 0 Å². The van der Waals surface area contributed by atoms with Crippen LogP contribution in [-0.2, 0) is 6.42 Å². The van der Waals surface area contributed by atoms with E-state index < -0.39 is 0 Å². The van der Waals surface area contributed by atoms with Crippen LogP contribution in [0, 0.1) is 0 Å². The number of halogens is 1. The van der Waals surface area contributed by atoms with Crippen LogP contribution in [0.5, 0.6) is 0 Å². The largest absolute Gasteiger partial charge is 0.378 e. The summed E-state index contributed by atoms with van der Waals surface area (Å²) in [6.45, 7) is 4.37. The maximum absolute atomic E-state index is 5.90. The zero-order chi connectivity index (χ0) is 13.7. The van der Waals surface area contributed by atoms with Crippen LogP contribution in [0.25, 0.3) is 0 Å². The van der Waals surface area contributed by atoms with Crippen molar-refractivity contribution >= 4 is 17.3 Å². The van der Waals surface area contributed by atoms with Crippen molar-refractivity contribution in [2.45, 2.75) is 32.7 Å². The normalized spacial score (nSPS) is 12.2. The molecule has 2 aromatic carbocycles. The van der Waals surface area contributed by atoms with Crippen molar-refractivity contribution in [2.24, 2.45) is 0 Å². The minimum Gasteiger partial charge on any atom is -0.378 e. The molecular weight excluding hydrogens is 254 g/mol. The van der Waals surface area contributed by atoms with Gasteiger partial charge in [-0.1, -0.05) is 49.7 Å². The second-order valence-electron chi connectivity index (χ2n) is 4.71. The van der Waals surface area contributed by atoms with Crippen LogP contribution in [0.1, 0.15) is 37.4 Å². The summed E-state index contributed by atoms with van der Waals surface area (Å²) in [5, 5.41) is 4.32. The molecule has 2 heteroatoms. The Balaban J connectivity index is 2.12. The summed E-state index contributed by atoms with van der Waals surface area (Å²) >= 11 is 5.90. The Morgan fingerprint density at radius 2 is 1.58 bits per heavy atom. The summed E-state index contributed by atoms with van der Waals surface area (Å²) < 4.78 is 0. The van der Waals surface area contributed by atoms with Gasteiger partial charge in [0.2, 0.25) is 0 Å². The van der Waals surface area contributed by atoms with Gasteiger partial charge in [-0.15, -0.1) is 0 Å². The number of nitrogens with one attached hydrogen (secondary N) is 1. The lowest BCUT2D eigenvalue weighted by atomic mass is 10.0. The van der Waals surface area contributed by atoms with E-state index in [1.54, 1.807) is 0 Å². The zero-order valence-electron chi connectivity index (χ0n) is 11.5. The monoisotopic (exact) mass is 273 g/mol. The van der Waals surface area contributed by atoms with Crippen LogP contribution >= 0.6 is 11.6 Å². The topological polar surface area (TPSA) is 12.0 Å². The Kier molecular flexibility index (Phi) is 4.86. The maximum Gasteiger partial charge on any atom is 0.0511 e. The molecule has 1 unspecified atom stereocenters. The van der Waals surface area contributed by atoms with Gasteiger partial charge < -0.3 is 5.32 Å². The second kappa shape index (κ2) is 6.63. The fraction of sp³-hybridized carbons (Fsp3) is 0.294. The zero-order valence-corrected chi connectivity index (χ0v) is 12.2. The highest BCUT2D eigenvalue weighted by molar-refractivity contribution is 6.30. The molecule has 1 N–H and O–H groups in total. The molecule has 0 saturated heterocycles. The summed E-state index contributed by atoms with van der Waals surface area (Å²) in [5.41, 5.74) is 3.82. The third-order valence-electron chi connectivity index (χ3n) is 3.38. The molecule has 1 nitrogen and oxygen atoms in total. The van der Waals surface area contributed by atoms with Gasteiger partial charge in [0.1, 0.15) is 0 Å². The second-order valence-corrected chi connectivity index (χ2v) is 5.14. The molecule has 0 aliphatic rings. The van der Waals surface area contributed by atoms with E-state index in [0.717, 1.165) is 23.6 Å². The van der Waals surface area contributed by atoms with Crippen molar-refractivity contribution in [2.75, 3.05) is 5.32 Å². The first-order valence-electron chi connectivity index (χ1n) is 6.84. The van der Waals surface area contributed by atoms with Gasteiger partial charge in [0.05, 0.1) is 6.04 Å². The molecule has 2 aromatic rings. The number of benzene rings is 2. The molecule has 0 saturated carbocycles. The number of aryl methyl sites for hydroxylation is 1. The Labute approximate surface area is 120 Å². The van der Waals surface area contributed by atoms with Crippen molar-refractivity contribution < 1.29 is 0 Å². The predicted octanol–water partition coefficient (Wildman–Crippen LogP) is 5.47. The molecule has 19 heavy (non-hydrogen) atoms. The fourth-order valence-electron chi connectivity index (χ4n) is 2.15. The molecular formula is C17H20ClN. The number of hydrogen-bond donors (Lipinski definition) is 1. The van der Waals surface area contributed by atoms with Crippen LogP contribution in [0.4, 0.5) is 5.69 Å². The lowest BCUT2D eigenvalue weighted by Crippen LogP contribution is -2.09. The number of rotatable bonds is 5. The standard InChI is InChI=1S/C17H20ClN/c1-3-13-5-7-14(8-6-13)17(4-2)19-16-11-9-15(18)10-12-16/h5-12,17,19H,3-4H2,1-2H3. The summed E-state index contributed by atoms with van der Waals surface area (Å²) in [6.07, 6.45) is 2.13. The first-order chi connectivity index (χ1) is 9.22. The Morgan fingerprint density at radius 1 is 0.947 bits per heavy atom. The third-order valence-corrected chi connectivity index (χ3v) is 3.64. The van der Waals surface area contributed by atoms with Crippen molar-refractivity contribution in [3.8, 4) is 0 Å². The van der Waals surface area contributed by atoms with E-state index in [-0.39, 0.29) is 0 Å². The Bertz CT molecular complexity index is 502. The number of hydrogen-bond acceptors (Lipinski definition) is 1. The molecule has 0 aliphatic carbocycles.